The van der Waals surface area contributed by atoms with E-state index in [2.05, 4.69) is 43.7 Å². The van der Waals surface area contributed by atoms with Gasteiger partial charge in [0, 0.05) is 6.04 Å². The first-order chi connectivity index (χ1) is 8.25. The molecule has 100 valence electrons. The molecule has 1 unspecified atom stereocenters. The van der Waals surface area contributed by atoms with Crippen molar-refractivity contribution in [3.8, 4) is 0 Å². The van der Waals surface area contributed by atoms with Crippen molar-refractivity contribution in [1.29, 1.82) is 0 Å². The van der Waals surface area contributed by atoms with Crippen molar-refractivity contribution in [3.63, 3.8) is 0 Å². The third-order valence-corrected chi connectivity index (χ3v) is 3.16. The number of esters is 1. The number of carbonyl (C=O) groups is 1. The monoisotopic (exact) mass is 249 g/mol. The molecule has 1 aromatic rings. The average Bonchev–Trinajstić information content (AvgIpc) is 2.27. The van der Waals surface area contributed by atoms with Crippen LogP contribution in [-0.4, -0.2) is 13.1 Å². The molecule has 0 bridgehead atoms. The fraction of sp³-hybridized carbons (Fsp3) is 0.533. The van der Waals surface area contributed by atoms with Crippen molar-refractivity contribution >= 4 is 5.97 Å². The van der Waals surface area contributed by atoms with Crippen LogP contribution in [0.4, 0.5) is 0 Å². The molecule has 2 N–H and O–H groups in total. The molecule has 0 saturated heterocycles. The smallest absolute Gasteiger partial charge is 0.307 e. The van der Waals surface area contributed by atoms with Crippen molar-refractivity contribution < 1.29 is 9.53 Å². The molecule has 0 fully saturated rings. The molecule has 0 saturated carbocycles. The van der Waals surface area contributed by atoms with Crippen LogP contribution in [-0.2, 0) is 14.9 Å². The number of carbonyl (C=O) groups excluding carboxylic acids is 1. The molecule has 0 spiro atoms. The molecular weight excluding hydrogens is 226 g/mol. The maximum Gasteiger partial charge on any atom is 0.307 e. The summed E-state index contributed by atoms with van der Waals surface area (Å²) in [5.74, 6) is -0.275. The van der Waals surface area contributed by atoms with Gasteiger partial charge in [-0.1, -0.05) is 39.0 Å². The molecule has 3 nitrogen and oxygen atoms in total. The summed E-state index contributed by atoms with van der Waals surface area (Å²) in [7, 11) is 1.38. The minimum atomic E-state index is -0.306. The summed E-state index contributed by atoms with van der Waals surface area (Å²) >= 11 is 0. The highest BCUT2D eigenvalue weighted by atomic mass is 16.5. The van der Waals surface area contributed by atoms with Gasteiger partial charge >= 0.3 is 5.97 Å². The number of aryl methyl sites for hydroxylation is 1. The van der Waals surface area contributed by atoms with Gasteiger partial charge in [0.1, 0.15) is 0 Å². The van der Waals surface area contributed by atoms with E-state index in [4.69, 9.17) is 5.73 Å². The van der Waals surface area contributed by atoms with Gasteiger partial charge in [-0.3, -0.25) is 4.79 Å². The Labute approximate surface area is 109 Å². The van der Waals surface area contributed by atoms with E-state index in [-0.39, 0.29) is 23.8 Å². The normalized spacial score (nSPS) is 13.2. The first-order valence-electron chi connectivity index (χ1n) is 6.19. The lowest BCUT2D eigenvalue weighted by Crippen LogP contribution is -2.19. The number of nitrogens with two attached hydrogens (primary N) is 1. The minimum Gasteiger partial charge on any atom is -0.469 e. The van der Waals surface area contributed by atoms with E-state index in [1.165, 1.54) is 12.7 Å². The van der Waals surface area contributed by atoms with Crippen molar-refractivity contribution in [3.05, 3.63) is 34.9 Å². The molecule has 1 rings (SSSR count). The van der Waals surface area contributed by atoms with Crippen molar-refractivity contribution in [2.75, 3.05) is 7.11 Å². The standard InChI is InChI=1S/C15H23NO2/c1-10-6-7-11(15(2,3)4)8-12(10)13(16)9-14(17)18-5/h6-8,13H,9,16H2,1-5H3. The van der Waals surface area contributed by atoms with Crippen molar-refractivity contribution in [2.24, 2.45) is 5.73 Å². The number of methoxy groups -OCH3 is 1. The van der Waals surface area contributed by atoms with Crippen LogP contribution >= 0.6 is 0 Å². The Kier molecular flexibility index (Phi) is 4.52. The highest BCUT2D eigenvalue weighted by Crippen LogP contribution is 2.27. The van der Waals surface area contributed by atoms with Gasteiger partial charge in [-0.25, -0.2) is 0 Å². The Morgan fingerprint density at radius 2 is 2.00 bits per heavy atom. The van der Waals surface area contributed by atoms with Crippen molar-refractivity contribution in [2.45, 2.75) is 45.6 Å². The number of benzene rings is 1. The summed E-state index contributed by atoms with van der Waals surface area (Å²) in [5, 5.41) is 0. The molecular formula is C15H23NO2. The largest absolute Gasteiger partial charge is 0.469 e. The minimum absolute atomic E-state index is 0.0768. The fourth-order valence-corrected chi connectivity index (χ4v) is 1.88. The molecule has 0 aromatic heterocycles. The Balaban J connectivity index is 3.04. The second kappa shape index (κ2) is 5.53. The SMILES string of the molecule is COC(=O)CC(N)c1cc(C(C)(C)C)ccc1C. The molecule has 0 aliphatic heterocycles. The molecule has 0 aliphatic carbocycles. The third-order valence-electron chi connectivity index (χ3n) is 3.16. The first-order valence-corrected chi connectivity index (χ1v) is 6.19. The highest BCUT2D eigenvalue weighted by Gasteiger charge is 2.18. The summed E-state index contributed by atoms with van der Waals surface area (Å²) < 4.78 is 4.66. The molecule has 18 heavy (non-hydrogen) atoms. The van der Waals surface area contributed by atoms with E-state index in [0.29, 0.717) is 0 Å². The van der Waals surface area contributed by atoms with E-state index in [0.717, 1.165) is 11.1 Å². The van der Waals surface area contributed by atoms with Crippen molar-refractivity contribution in [1.82, 2.24) is 0 Å². The second-order valence-electron chi connectivity index (χ2n) is 5.71. The van der Waals surface area contributed by atoms with Gasteiger partial charge in [0.05, 0.1) is 13.5 Å². The van der Waals surface area contributed by atoms with E-state index < -0.39 is 0 Å². The molecule has 0 radical (unpaired) electrons. The zero-order valence-corrected chi connectivity index (χ0v) is 11.9. The zero-order chi connectivity index (χ0) is 13.9. The van der Waals surface area contributed by atoms with Crippen LogP contribution in [0, 0.1) is 6.92 Å². The predicted molar refractivity (Wildman–Crippen MR) is 73.4 cm³/mol. The fourth-order valence-electron chi connectivity index (χ4n) is 1.88. The average molecular weight is 249 g/mol. The van der Waals surface area contributed by atoms with Crippen LogP contribution in [0.1, 0.15) is 49.9 Å². The summed E-state index contributed by atoms with van der Waals surface area (Å²) in [6, 6.07) is 5.97. The summed E-state index contributed by atoms with van der Waals surface area (Å²) in [4.78, 5) is 11.3. The summed E-state index contributed by atoms with van der Waals surface area (Å²) in [6.45, 7) is 8.49. The number of ether oxygens (including phenoxy) is 1. The molecule has 0 amide bonds. The van der Waals surface area contributed by atoms with Crippen LogP contribution < -0.4 is 5.73 Å². The van der Waals surface area contributed by atoms with Crippen LogP contribution in [0.5, 0.6) is 0 Å². The molecule has 0 heterocycles. The first kappa shape index (κ1) is 14.7. The Morgan fingerprint density at radius 1 is 1.39 bits per heavy atom. The van der Waals surface area contributed by atoms with Crippen LogP contribution in [0.2, 0.25) is 0 Å². The van der Waals surface area contributed by atoms with Gasteiger partial charge in [0.25, 0.3) is 0 Å². The zero-order valence-electron chi connectivity index (χ0n) is 11.9. The van der Waals surface area contributed by atoms with Gasteiger partial charge < -0.3 is 10.5 Å². The van der Waals surface area contributed by atoms with Crippen LogP contribution in [0.15, 0.2) is 18.2 Å². The van der Waals surface area contributed by atoms with Gasteiger partial charge in [-0.15, -0.1) is 0 Å². The van der Waals surface area contributed by atoms with E-state index in [1.807, 2.05) is 6.92 Å². The molecule has 3 heteroatoms. The Bertz CT molecular complexity index is 433. The lowest BCUT2D eigenvalue weighted by atomic mass is 9.84. The number of hydrogen-bond donors (Lipinski definition) is 1. The maximum absolute atomic E-state index is 11.3. The molecule has 0 aliphatic rings. The van der Waals surface area contributed by atoms with Gasteiger partial charge in [-0.2, -0.15) is 0 Å². The van der Waals surface area contributed by atoms with Crippen LogP contribution in [0.3, 0.4) is 0 Å². The number of rotatable bonds is 3. The van der Waals surface area contributed by atoms with Gasteiger partial charge in [-0.05, 0) is 29.0 Å². The van der Waals surface area contributed by atoms with E-state index in [1.54, 1.807) is 0 Å². The van der Waals surface area contributed by atoms with E-state index in [9.17, 15) is 4.79 Å². The quantitative estimate of drug-likeness (QED) is 0.838. The van der Waals surface area contributed by atoms with Gasteiger partial charge in [0.15, 0.2) is 0 Å². The topological polar surface area (TPSA) is 52.3 Å². The third kappa shape index (κ3) is 3.57. The lowest BCUT2D eigenvalue weighted by molar-refractivity contribution is -0.141. The summed E-state index contributed by atoms with van der Waals surface area (Å²) in [6.07, 6.45) is 0.213. The second-order valence-corrected chi connectivity index (χ2v) is 5.71. The molecule has 1 atom stereocenters. The number of hydrogen-bond acceptors (Lipinski definition) is 3. The lowest BCUT2D eigenvalue weighted by Gasteiger charge is -2.22. The maximum atomic E-state index is 11.3. The van der Waals surface area contributed by atoms with Crippen LogP contribution in [0.25, 0.3) is 0 Å². The highest BCUT2D eigenvalue weighted by molar-refractivity contribution is 5.70. The van der Waals surface area contributed by atoms with E-state index >= 15 is 0 Å². The molecule has 1 aromatic carbocycles. The predicted octanol–water partition coefficient (Wildman–Crippen LogP) is 2.86. The Hall–Kier alpha value is -1.35. The Morgan fingerprint density at radius 3 is 2.50 bits per heavy atom. The summed E-state index contributed by atoms with van der Waals surface area (Å²) in [5.41, 5.74) is 9.52. The van der Waals surface area contributed by atoms with Gasteiger partial charge in [0.2, 0.25) is 0 Å².